The molecule has 0 saturated carbocycles. The summed E-state index contributed by atoms with van der Waals surface area (Å²) in [6.07, 6.45) is 0.695. The molecule has 4 nitrogen and oxygen atoms in total. The van der Waals surface area contributed by atoms with E-state index in [0.717, 1.165) is 5.69 Å². The third kappa shape index (κ3) is 2.49. The Hall–Kier alpha value is -1.94. The molecular weight excluding hydrogens is 252 g/mol. The Kier molecular flexibility index (Phi) is 3.58. The van der Waals surface area contributed by atoms with Gasteiger partial charge in [0.2, 0.25) is 0 Å². The zero-order valence-electron chi connectivity index (χ0n) is 9.98. The zero-order chi connectivity index (χ0) is 13.1. The molecule has 0 atom stereocenters. The highest BCUT2D eigenvalue weighted by atomic mass is 35.5. The Morgan fingerprint density at radius 1 is 1.28 bits per heavy atom. The molecule has 0 aliphatic carbocycles. The third-order valence-electron chi connectivity index (χ3n) is 2.40. The van der Waals surface area contributed by atoms with Gasteiger partial charge in [0.25, 0.3) is 0 Å². The molecule has 0 bridgehead atoms. The zero-order valence-corrected chi connectivity index (χ0v) is 10.7. The maximum atomic E-state index is 10.8. The lowest BCUT2D eigenvalue weighted by atomic mass is 10.1. The molecular formula is C13H11ClN2O2. The van der Waals surface area contributed by atoms with E-state index in [9.17, 15) is 4.79 Å². The van der Waals surface area contributed by atoms with Gasteiger partial charge in [-0.05, 0) is 31.2 Å². The van der Waals surface area contributed by atoms with Gasteiger partial charge in [-0.25, -0.2) is 9.97 Å². The highest BCUT2D eigenvalue weighted by Crippen LogP contribution is 2.30. The van der Waals surface area contributed by atoms with Crippen LogP contribution in [0.2, 0.25) is 5.02 Å². The minimum absolute atomic E-state index is 0.342. The Bertz CT molecular complexity index is 600. The minimum Gasteiger partial charge on any atom is -0.496 e. The average molecular weight is 263 g/mol. The number of ether oxygens (including phenoxy) is 1. The van der Waals surface area contributed by atoms with Gasteiger partial charge in [0.15, 0.2) is 12.1 Å². The molecule has 92 valence electrons. The monoisotopic (exact) mass is 262 g/mol. The van der Waals surface area contributed by atoms with Gasteiger partial charge in [0.1, 0.15) is 11.4 Å². The highest BCUT2D eigenvalue weighted by Gasteiger charge is 2.11. The van der Waals surface area contributed by atoms with Crippen molar-refractivity contribution < 1.29 is 9.53 Å². The maximum Gasteiger partial charge on any atom is 0.168 e. The second-order valence-electron chi connectivity index (χ2n) is 3.72. The van der Waals surface area contributed by atoms with E-state index >= 15 is 0 Å². The second-order valence-corrected chi connectivity index (χ2v) is 4.16. The standard InChI is InChI=1S/C13H11ClN2O2/c1-8-5-10(7-17)16-13(15-8)11-4-3-9(14)6-12(11)18-2/h3-7H,1-2H3. The third-order valence-corrected chi connectivity index (χ3v) is 2.63. The molecule has 0 N–H and O–H groups in total. The van der Waals surface area contributed by atoms with E-state index in [1.54, 1.807) is 38.3 Å². The molecule has 0 unspecified atom stereocenters. The fourth-order valence-electron chi connectivity index (χ4n) is 1.62. The summed E-state index contributed by atoms with van der Waals surface area (Å²) in [5.41, 5.74) is 1.77. The first-order chi connectivity index (χ1) is 8.63. The largest absolute Gasteiger partial charge is 0.496 e. The van der Waals surface area contributed by atoms with E-state index in [1.165, 1.54) is 0 Å². The number of aryl methyl sites for hydroxylation is 1. The van der Waals surface area contributed by atoms with Gasteiger partial charge in [0, 0.05) is 10.7 Å². The number of halogens is 1. The number of benzene rings is 1. The van der Waals surface area contributed by atoms with Gasteiger partial charge in [0.05, 0.1) is 12.7 Å². The van der Waals surface area contributed by atoms with Crippen molar-refractivity contribution in [2.45, 2.75) is 6.92 Å². The van der Waals surface area contributed by atoms with Crippen LogP contribution in [-0.2, 0) is 0 Å². The normalized spacial score (nSPS) is 10.2. The second kappa shape index (κ2) is 5.14. The molecule has 2 aromatic rings. The van der Waals surface area contributed by atoms with Crippen LogP contribution in [0.15, 0.2) is 24.3 Å². The summed E-state index contributed by atoms with van der Waals surface area (Å²) in [5.74, 6) is 1.02. The molecule has 18 heavy (non-hydrogen) atoms. The lowest BCUT2D eigenvalue weighted by Crippen LogP contribution is -1.98. The molecule has 0 amide bonds. The van der Waals surface area contributed by atoms with Gasteiger partial charge < -0.3 is 4.74 Å². The molecule has 0 radical (unpaired) electrons. The van der Waals surface area contributed by atoms with Crippen molar-refractivity contribution in [3.05, 3.63) is 40.7 Å². The number of carbonyl (C=O) groups excluding carboxylic acids is 1. The molecule has 0 spiro atoms. The van der Waals surface area contributed by atoms with Gasteiger partial charge in [-0.2, -0.15) is 0 Å². The predicted octanol–water partition coefficient (Wildman–Crippen LogP) is 2.93. The van der Waals surface area contributed by atoms with E-state index in [-0.39, 0.29) is 0 Å². The molecule has 1 heterocycles. The number of aromatic nitrogens is 2. The lowest BCUT2D eigenvalue weighted by molar-refractivity contribution is 0.111. The number of hydrogen-bond acceptors (Lipinski definition) is 4. The highest BCUT2D eigenvalue weighted by molar-refractivity contribution is 6.30. The van der Waals surface area contributed by atoms with Crippen LogP contribution in [0.3, 0.4) is 0 Å². The molecule has 0 saturated heterocycles. The van der Waals surface area contributed by atoms with Crippen molar-refractivity contribution in [1.29, 1.82) is 0 Å². The van der Waals surface area contributed by atoms with E-state index in [2.05, 4.69) is 9.97 Å². The summed E-state index contributed by atoms with van der Waals surface area (Å²) >= 11 is 5.90. The van der Waals surface area contributed by atoms with Gasteiger partial charge >= 0.3 is 0 Å². The number of rotatable bonds is 3. The summed E-state index contributed by atoms with van der Waals surface area (Å²) in [4.78, 5) is 19.3. The first-order valence-corrected chi connectivity index (χ1v) is 5.66. The van der Waals surface area contributed by atoms with E-state index in [1.807, 2.05) is 0 Å². The smallest absolute Gasteiger partial charge is 0.168 e. The van der Waals surface area contributed by atoms with Crippen molar-refractivity contribution in [2.24, 2.45) is 0 Å². The minimum atomic E-state index is 0.342. The fourth-order valence-corrected chi connectivity index (χ4v) is 1.79. The van der Waals surface area contributed by atoms with Crippen molar-refractivity contribution >= 4 is 17.9 Å². The van der Waals surface area contributed by atoms with Crippen LogP contribution in [-0.4, -0.2) is 23.4 Å². The summed E-state index contributed by atoms with van der Waals surface area (Å²) in [6, 6.07) is 6.80. The van der Waals surface area contributed by atoms with Crippen molar-refractivity contribution in [3.8, 4) is 17.1 Å². The molecule has 0 aliphatic heterocycles. The summed E-state index contributed by atoms with van der Waals surface area (Å²) in [6.45, 7) is 1.81. The van der Waals surface area contributed by atoms with Crippen LogP contribution in [0.1, 0.15) is 16.2 Å². The van der Waals surface area contributed by atoms with Gasteiger partial charge in [-0.15, -0.1) is 0 Å². The summed E-state index contributed by atoms with van der Waals surface area (Å²) in [5, 5.41) is 0.568. The van der Waals surface area contributed by atoms with Gasteiger partial charge in [-0.3, -0.25) is 4.79 Å². The van der Waals surface area contributed by atoms with Crippen LogP contribution in [0.4, 0.5) is 0 Å². The molecule has 0 aliphatic rings. The Labute approximate surface area is 110 Å². The number of nitrogens with zero attached hydrogens (tertiary/aromatic N) is 2. The predicted molar refractivity (Wildman–Crippen MR) is 69.2 cm³/mol. The number of carbonyl (C=O) groups is 1. The molecule has 1 aromatic carbocycles. The number of hydrogen-bond donors (Lipinski definition) is 0. The maximum absolute atomic E-state index is 10.8. The average Bonchev–Trinajstić information content (AvgIpc) is 2.37. The Morgan fingerprint density at radius 2 is 2.06 bits per heavy atom. The van der Waals surface area contributed by atoms with Crippen LogP contribution < -0.4 is 4.74 Å². The van der Waals surface area contributed by atoms with Crippen molar-refractivity contribution in [1.82, 2.24) is 9.97 Å². The Balaban J connectivity index is 2.61. The number of methoxy groups -OCH3 is 1. The summed E-state index contributed by atoms with van der Waals surface area (Å²) in [7, 11) is 1.55. The molecule has 5 heteroatoms. The van der Waals surface area contributed by atoms with E-state index in [4.69, 9.17) is 16.3 Å². The number of aldehydes is 1. The molecule has 1 aromatic heterocycles. The molecule has 0 fully saturated rings. The van der Waals surface area contributed by atoms with Crippen molar-refractivity contribution in [3.63, 3.8) is 0 Å². The van der Waals surface area contributed by atoms with Gasteiger partial charge in [-0.1, -0.05) is 11.6 Å². The lowest BCUT2D eigenvalue weighted by Gasteiger charge is -2.08. The Morgan fingerprint density at radius 3 is 2.72 bits per heavy atom. The van der Waals surface area contributed by atoms with Crippen molar-refractivity contribution in [2.75, 3.05) is 7.11 Å². The summed E-state index contributed by atoms with van der Waals surface area (Å²) < 4.78 is 5.24. The topological polar surface area (TPSA) is 52.1 Å². The quantitative estimate of drug-likeness (QED) is 0.798. The van der Waals surface area contributed by atoms with Crippen LogP contribution >= 0.6 is 11.6 Å². The van der Waals surface area contributed by atoms with E-state index < -0.39 is 0 Å². The van der Waals surface area contributed by atoms with Crippen LogP contribution in [0.25, 0.3) is 11.4 Å². The first-order valence-electron chi connectivity index (χ1n) is 5.29. The molecule has 2 rings (SSSR count). The first kappa shape index (κ1) is 12.5. The van der Waals surface area contributed by atoms with E-state index in [0.29, 0.717) is 34.1 Å². The van der Waals surface area contributed by atoms with Crippen LogP contribution in [0.5, 0.6) is 5.75 Å². The fraction of sp³-hybridized carbons (Fsp3) is 0.154. The van der Waals surface area contributed by atoms with Crippen LogP contribution in [0, 0.1) is 6.92 Å². The SMILES string of the molecule is COc1cc(Cl)ccc1-c1nc(C)cc(C=O)n1.